The lowest BCUT2D eigenvalue weighted by atomic mass is 10.0. The van der Waals surface area contributed by atoms with E-state index in [4.69, 9.17) is 27.0 Å². The molecule has 1 heterocycles. The first kappa shape index (κ1) is 10.1. The summed E-state index contributed by atoms with van der Waals surface area (Å²) >= 11 is 5.99. The Bertz CT molecular complexity index is 383. The molecule has 1 aliphatic heterocycles. The third-order valence-electron chi connectivity index (χ3n) is 2.01. The predicted molar refractivity (Wildman–Crippen MR) is 58.3 cm³/mol. The van der Waals surface area contributed by atoms with Gasteiger partial charge in [0.15, 0.2) is 0 Å². The number of Topliss-reactive ketones (excluding diaryl/α,β-unsaturated/α-hetero) is 1. The number of carbonyl (C=O) groups is 1. The lowest BCUT2D eigenvalue weighted by molar-refractivity contribution is 0.0922. The van der Waals surface area contributed by atoms with E-state index in [9.17, 15) is 4.79 Å². The topological polar surface area (TPSA) is 26.3 Å². The van der Waals surface area contributed by atoms with Crippen molar-refractivity contribution in [2.75, 3.05) is 6.61 Å². The van der Waals surface area contributed by atoms with E-state index in [1.54, 1.807) is 24.3 Å². The molecule has 0 amide bonds. The van der Waals surface area contributed by atoms with Crippen LogP contribution >= 0.6 is 33.3 Å². The number of ketones is 1. The van der Waals surface area contributed by atoms with Gasteiger partial charge in [-0.3, -0.25) is 4.79 Å². The van der Waals surface area contributed by atoms with Gasteiger partial charge in [-0.25, -0.2) is 0 Å². The lowest BCUT2D eigenvalue weighted by Crippen LogP contribution is -2.38. The average molecular weight is 249 g/mol. The van der Waals surface area contributed by atoms with E-state index < -0.39 is 4.21 Å². The highest BCUT2D eigenvalue weighted by atomic mass is 35.7. The Morgan fingerprint density at radius 2 is 2.14 bits per heavy atom. The standard InChI is InChI=1S/C9H6Cl2O2S/c10-9(14-11)5-13-7-4-2-1-3-6(7)8(9)12/h1-4H,5H2. The number of alkyl halides is 1. The van der Waals surface area contributed by atoms with Gasteiger partial charge in [-0.15, -0.1) is 0 Å². The zero-order valence-electron chi connectivity index (χ0n) is 7.00. The van der Waals surface area contributed by atoms with E-state index in [2.05, 4.69) is 0 Å². The molecule has 0 fully saturated rings. The number of benzene rings is 1. The first-order valence-corrected chi connectivity index (χ1v) is 5.95. The fraction of sp³-hybridized carbons (Fsp3) is 0.222. The van der Waals surface area contributed by atoms with Crippen molar-refractivity contribution in [3.63, 3.8) is 0 Å². The van der Waals surface area contributed by atoms with Gasteiger partial charge in [0.2, 0.25) is 9.99 Å². The Kier molecular flexibility index (Phi) is 2.64. The Morgan fingerprint density at radius 1 is 1.43 bits per heavy atom. The third-order valence-corrected chi connectivity index (χ3v) is 4.09. The molecule has 0 radical (unpaired) electrons. The molecule has 0 N–H and O–H groups in total. The van der Waals surface area contributed by atoms with E-state index in [1.807, 2.05) is 0 Å². The molecule has 5 heteroatoms. The van der Waals surface area contributed by atoms with E-state index in [0.717, 1.165) is 11.0 Å². The summed E-state index contributed by atoms with van der Waals surface area (Å²) in [5, 5.41) is 0. The van der Waals surface area contributed by atoms with Crippen molar-refractivity contribution in [3.8, 4) is 5.75 Å². The van der Waals surface area contributed by atoms with Crippen molar-refractivity contribution in [2.24, 2.45) is 0 Å². The van der Waals surface area contributed by atoms with Crippen molar-refractivity contribution in [2.45, 2.75) is 4.21 Å². The lowest BCUT2D eigenvalue weighted by Gasteiger charge is -2.28. The van der Waals surface area contributed by atoms with Gasteiger partial charge < -0.3 is 4.74 Å². The van der Waals surface area contributed by atoms with Gasteiger partial charge in [0.05, 0.1) is 5.56 Å². The smallest absolute Gasteiger partial charge is 0.202 e. The maximum absolute atomic E-state index is 11.9. The van der Waals surface area contributed by atoms with Gasteiger partial charge >= 0.3 is 0 Å². The van der Waals surface area contributed by atoms with E-state index in [0.29, 0.717) is 11.3 Å². The molecule has 0 aromatic heterocycles. The normalized spacial score (nSPS) is 25.4. The fourth-order valence-electron chi connectivity index (χ4n) is 1.27. The Labute approximate surface area is 95.0 Å². The Balaban J connectivity index is 2.46. The predicted octanol–water partition coefficient (Wildman–Crippen LogP) is 3.08. The summed E-state index contributed by atoms with van der Waals surface area (Å²) in [6.07, 6.45) is 0. The average Bonchev–Trinajstić information content (AvgIpc) is 2.24. The molecular formula is C9H6Cl2O2S. The minimum absolute atomic E-state index is 0.0958. The number of fused-ring (bicyclic) bond motifs is 1. The summed E-state index contributed by atoms with van der Waals surface area (Å²) in [6.45, 7) is 0.0958. The highest BCUT2D eigenvalue weighted by molar-refractivity contribution is 8.23. The Morgan fingerprint density at radius 3 is 2.86 bits per heavy atom. The van der Waals surface area contributed by atoms with Crippen LogP contribution in [-0.2, 0) is 0 Å². The molecule has 0 aliphatic carbocycles. The number of hydrogen-bond acceptors (Lipinski definition) is 3. The number of carbonyl (C=O) groups excluding carboxylic acids is 1. The van der Waals surface area contributed by atoms with Crippen LogP contribution in [0.2, 0.25) is 0 Å². The minimum atomic E-state index is -1.18. The third kappa shape index (κ3) is 1.49. The fourth-order valence-corrected chi connectivity index (χ4v) is 2.06. The van der Waals surface area contributed by atoms with Gasteiger partial charge in [0, 0.05) is 0 Å². The molecule has 1 unspecified atom stereocenters. The van der Waals surface area contributed by atoms with Crippen LogP contribution < -0.4 is 4.74 Å². The van der Waals surface area contributed by atoms with E-state index >= 15 is 0 Å². The first-order valence-electron chi connectivity index (χ1n) is 3.93. The second kappa shape index (κ2) is 3.65. The van der Waals surface area contributed by atoms with Crippen molar-refractivity contribution in [1.29, 1.82) is 0 Å². The van der Waals surface area contributed by atoms with Crippen molar-refractivity contribution < 1.29 is 9.53 Å². The molecule has 1 aromatic carbocycles. The molecule has 0 spiro atoms. The van der Waals surface area contributed by atoms with Crippen LogP contribution in [0.1, 0.15) is 10.4 Å². The second-order valence-electron chi connectivity index (χ2n) is 2.92. The minimum Gasteiger partial charge on any atom is -0.490 e. The van der Waals surface area contributed by atoms with Crippen LogP contribution in [0.3, 0.4) is 0 Å². The second-order valence-corrected chi connectivity index (χ2v) is 5.10. The summed E-state index contributed by atoms with van der Waals surface area (Å²) in [7, 11) is 6.35. The van der Waals surface area contributed by atoms with Crippen LogP contribution in [0.25, 0.3) is 0 Å². The van der Waals surface area contributed by atoms with Crippen molar-refractivity contribution in [1.82, 2.24) is 0 Å². The summed E-state index contributed by atoms with van der Waals surface area (Å²) in [5.41, 5.74) is 0.488. The summed E-state index contributed by atoms with van der Waals surface area (Å²) in [6, 6.07) is 6.99. The number of para-hydroxylation sites is 1. The molecule has 0 saturated heterocycles. The molecule has 0 bridgehead atoms. The van der Waals surface area contributed by atoms with Crippen LogP contribution in [0.5, 0.6) is 5.75 Å². The van der Waals surface area contributed by atoms with E-state index in [1.165, 1.54) is 0 Å². The molecule has 0 saturated carbocycles. The quantitative estimate of drug-likeness (QED) is 0.715. The number of rotatable bonds is 1. The zero-order valence-corrected chi connectivity index (χ0v) is 9.33. The molecule has 74 valence electrons. The summed E-state index contributed by atoms with van der Waals surface area (Å²) < 4.78 is 4.16. The maximum Gasteiger partial charge on any atom is 0.202 e. The molecule has 1 atom stereocenters. The molecule has 2 rings (SSSR count). The SMILES string of the molecule is O=C1c2ccccc2OCC1(Cl)SCl. The van der Waals surface area contributed by atoms with Gasteiger partial charge in [-0.1, -0.05) is 23.7 Å². The molecule has 2 nitrogen and oxygen atoms in total. The van der Waals surface area contributed by atoms with Crippen LogP contribution in [0, 0.1) is 0 Å². The maximum atomic E-state index is 11.9. The highest BCUT2D eigenvalue weighted by Gasteiger charge is 2.43. The monoisotopic (exact) mass is 248 g/mol. The van der Waals surface area contributed by atoms with E-state index in [-0.39, 0.29) is 12.4 Å². The number of ether oxygens (including phenoxy) is 1. The van der Waals surface area contributed by atoms with Gasteiger partial charge in [0.1, 0.15) is 12.4 Å². The molecule has 1 aromatic rings. The summed E-state index contributed by atoms with van der Waals surface area (Å²) in [5.74, 6) is 0.375. The first-order chi connectivity index (χ1) is 6.67. The van der Waals surface area contributed by atoms with Gasteiger partial charge in [0.25, 0.3) is 0 Å². The van der Waals surface area contributed by atoms with Gasteiger partial charge in [-0.2, -0.15) is 0 Å². The number of hydrogen-bond donors (Lipinski definition) is 0. The highest BCUT2D eigenvalue weighted by Crippen LogP contribution is 2.42. The molecule has 1 aliphatic rings. The molecule has 14 heavy (non-hydrogen) atoms. The van der Waals surface area contributed by atoms with Crippen molar-refractivity contribution >= 4 is 39.0 Å². The largest absolute Gasteiger partial charge is 0.490 e. The van der Waals surface area contributed by atoms with Gasteiger partial charge in [-0.05, 0) is 33.8 Å². The number of halogens is 2. The van der Waals surface area contributed by atoms with Crippen LogP contribution in [0.15, 0.2) is 24.3 Å². The van der Waals surface area contributed by atoms with Crippen LogP contribution in [0.4, 0.5) is 0 Å². The Hall–Kier alpha value is -0.380. The van der Waals surface area contributed by atoms with Crippen LogP contribution in [-0.4, -0.2) is 16.6 Å². The van der Waals surface area contributed by atoms with Crippen molar-refractivity contribution in [3.05, 3.63) is 29.8 Å². The summed E-state index contributed by atoms with van der Waals surface area (Å²) in [4.78, 5) is 11.9. The zero-order chi connectivity index (χ0) is 10.2. The molecular weight excluding hydrogens is 243 g/mol.